The summed E-state index contributed by atoms with van der Waals surface area (Å²) in [6.07, 6.45) is 3.42. The minimum Gasteiger partial charge on any atom is -0.488 e. The van der Waals surface area contributed by atoms with E-state index >= 15 is 0 Å². The molecule has 0 fully saturated rings. The molecule has 1 heterocycles. The van der Waals surface area contributed by atoms with Gasteiger partial charge in [-0.15, -0.1) is 0 Å². The van der Waals surface area contributed by atoms with Crippen molar-refractivity contribution in [2.45, 2.75) is 32.3 Å². The molecule has 2 aromatic carbocycles. The van der Waals surface area contributed by atoms with Gasteiger partial charge in [0.05, 0.1) is 16.8 Å². The monoisotopic (exact) mass is 343 g/mol. The van der Waals surface area contributed by atoms with Crippen molar-refractivity contribution in [2.24, 2.45) is 5.16 Å². The maximum absolute atomic E-state index is 11.9. The average Bonchev–Trinajstić information content (AvgIpc) is 2.54. The Hall–Kier alpha value is -2.33. The molecule has 1 aliphatic rings. The summed E-state index contributed by atoms with van der Waals surface area (Å²) in [5.41, 5.74) is 2.14. The van der Waals surface area contributed by atoms with E-state index in [0.29, 0.717) is 5.02 Å². The van der Waals surface area contributed by atoms with E-state index in [1.165, 1.54) is 6.21 Å². The lowest BCUT2D eigenvalue weighted by Gasteiger charge is -2.32. The minimum absolute atomic E-state index is 0.132. The van der Waals surface area contributed by atoms with Gasteiger partial charge in [-0.05, 0) is 68.1 Å². The van der Waals surface area contributed by atoms with Gasteiger partial charge in [-0.1, -0.05) is 28.9 Å². The Morgan fingerprint density at radius 1 is 1.29 bits per heavy atom. The second-order valence-electron chi connectivity index (χ2n) is 6.32. The Balaban J connectivity index is 1.68. The molecule has 0 N–H and O–H groups in total. The highest BCUT2D eigenvalue weighted by Gasteiger charge is 2.26. The van der Waals surface area contributed by atoms with Gasteiger partial charge in [0.15, 0.2) is 0 Å². The van der Waals surface area contributed by atoms with Crippen LogP contribution in [0, 0.1) is 0 Å². The summed E-state index contributed by atoms with van der Waals surface area (Å²) in [5.74, 6) is 0.316. The fraction of sp³-hybridized carbons (Fsp3) is 0.263. The van der Waals surface area contributed by atoms with Crippen molar-refractivity contribution in [3.8, 4) is 5.75 Å². The van der Waals surface area contributed by atoms with Crippen molar-refractivity contribution in [3.05, 3.63) is 64.2 Å². The molecule has 4 nitrogen and oxygen atoms in total. The lowest BCUT2D eigenvalue weighted by Crippen LogP contribution is -2.32. The maximum atomic E-state index is 11.9. The summed E-state index contributed by atoms with van der Waals surface area (Å²) in [7, 11) is 0. The number of aryl methyl sites for hydroxylation is 1. The van der Waals surface area contributed by atoms with Crippen LogP contribution in [-0.4, -0.2) is 17.8 Å². The topological polar surface area (TPSA) is 47.9 Å². The highest BCUT2D eigenvalue weighted by Crippen LogP contribution is 2.33. The number of nitrogens with zero attached hydrogens (tertiary/aromatic N) is 1. The van der Waals surface area contributed by atoms with Crippen molar-refractivity contribution in [1.82, 2.24) is 0 Å². The highest BCUT2D eigenvalue weighted by molar-refractivity contribution is 6.33. The molecular weight excluding hydrogens is 326 g/mol. The van der Waals surface area contributed by atoms with Crippen LogP contribution >= 0.6 is 11.6 Å². The fourth-order valence-electron chi connectivity index (χ4n) is 2.57. The second kappa shape index (κ2) is 6.65. The zero-order valence-electron chi connectivity index (χ0n) is 13.6. The molecule has 0 unspecified atom stereocenters. The normalized spacial score (nSPS) is 15.6. The van der Waals surface area contributed by atoms with Gasteiger partial charge in [0, 0.05) is 0 Å². The molecule has 1 aliphatic heterocycles. The standard InChI is InChI=1S/C19H18ClNO3/c1-19(2)10-9-14-11-13(7-8-17(14)23-19)12-21-24-18(22)15-5-3-4-6-16(15)20/h3-8,11-12H,9-10H2,1-2H3. The molecule has 2 aromatic rings. The van der Waals surface area contributed by atoms with Gasteiger partial charge in [-0.3, -0.25) is 0 Å². The predicted octanol–water partition coefficient (Wildman–Crippen LogP) is 4.63. The van der Waals surface area contributed by atoms with E-state index in [0.717, 1.165) is 29.7 Å². The van der Waals surface area contributed by atoms with Gasteiger partial charge in [0.1, 0.15) is 11.4 Å². The summed E-state index contributed by atoms with van der Waals surface area (Å²) < 4.78 is 5.94. The number of benzene rings is 2. The summed E-state index contributed by atoms with van der Waals surface area (Å²) in [6, 6.07) is 12.5. The van der Waals surface area contributed by atoms with Crippen LogP contribution in [0.2, 0.25) is 5.02 Å². The van der Waals surface area contributed by atoms with Crippen LogP contribution in [-0.2, 0) is 11.3 Å². The predicted molar refractivity (Wildman–Crippen MR) is 93.9 cm³/mol. The van der Waals surface area contributed by atoms with Gasteiger partial charge in [-0.25, -0.2) is 4.79 Å². The van der Waals surface area contributed by atoms with Gasteiger partial charge < -0.3 is 9.57 Å². The zero-order valence-corrected chi connectivity index (χ0v) is 14.3. The first-order valence-corrected chi connectivity index (χ1v) is 8.14. The van der Waals surface area contributed by atoms with Crippen molar-refractivity contribution in [1.29, 1.82) is 0 Å². The van der Waals surface area contributed by atoms with Gasteiger partial charge >= 0.3 is 5.97 Å². The second-order valence-corrected chi connectivity index (χ2v) is 6.73. The zero-order chi connectivity index (χ0) is 17.2. The largest absolute Gasteiger partial charge is 0.488 e. The summed E-state index contributed by atoms with van der Waals surface area (Å²) in [6.45, 7) is 4.17. The summed E-state index contributed by atoms with van der Waals surface area (Å²) >= 11 is 5.95. The Morgan fingerprint density at radius 3 is 2.88 bits per heavy atom. The van der Waals surface area contributed by atoms with E-state index in [1.54, 1.807) is 24.3 Å². The number of hydrogen-bond acceptors (Lipinski definition) is 4. The molecule has 24 heavy (non-hydrogen) atoms. The van der Waals surface area contributed by atoms with E-state index < -0.39 is 5.97 Å². The smallest absolute Gasteiger partial charge is 0.367 e. The fourth-order valence-corrected chi connectivity index (χ4v) is 2.78. The van der Waals surface area contributed by atoms with Crippen molar-refractivity contribution in [2.75, 3.05) is 0 Å². The van der Waals surface area contributed by atoms with Gasteiger partial charge in [-0.2, -0.15) is 0 Å². The molecule has 0 aromatic heterocycles. The third-order valence-electron chi connectivity index (χ3n) is 3.90. The van der Waals surface area contributed by atoms with Crippen LogP contribution in [0.3, 0.4) is 0 Å². The van der Waals surface area contributed by atoms with E-state index in [2.05, 4.69) is 19.0 Å². The van der Waals surface area contributed by atoms with E-state index in [9.17, 15) is 4.79 Å². The molecule has 3 rings (SSSR count). The molecule has 5 heteroatoms. The SMILES string of the molecule is CC1(C)CCc2cc(C=NOC(=O)c3ccccc3Cl)ccc2O1. The van der Waals surface area contributed by atoms with Crippen LogP contribution in [0.25, 0.3) is 0 Å². The number of carbonyl (C=O) groups is 1. The Morgan fingerprint density at radius 2 is 2.08 bits per heavy atom. The molecule has 0 spiro atoms. The Bertz CT molecular complexity index is 799. The molecule has 0 bridgehead atoms. The number of ether oxygens (including phenoxy) is 1. The lowest BCUT2D eigenvalue weighted by molar-refractivity contribution is 0.0519. The molecule has 0 amide bonds. The molecular formula is C19H18ClNO3. The average molecular weight is 344 g/mol. The molecule has 124 valence electrons. The van der Waals surface area contributed by atoms with Crippen LogP contribution in [0.1, 0.15) is 41.8 Å². The number of hydrogen-bond donors (Lipinski definition) is 0. The molecule has 0 radical (unpaired) electrons. The maximum Gasteiger partial charge on any atom is 0.367 e. The number of carbonyl (C=O) groups excluding carboxylic acids is 1. The number of halogens is 1. The van der Waals surface area contributed by atoms with Crippen LogP contribution < -0.4 is 4.74 Å². The van der Waals surface area contributed by atoms with Gasteiger partial charge in [0.2, 0.25) is 0 Å². The Labute approximate surface area is 146 Å². The van der Waals surface area contributed by atoms with E-state index in [4.69, 9.17) is 21.2 Å². The first-order chi connectivity index (χ1) is 11.4. The van der Waals surface area contributed by atoms with Crippen LogP contribution in [0.4, 0.5) is 0 Å². The lowest BCUT2D eigenvalue weighted by atomic mass is 9.93. The number of rotatable bonds is 3. The first-order valence-electron chi connectivity index (χ1n) is 7.76. The summed E-state index contributed by atoms with van der Waals surface area (Å²) in [5, 5.41) is 4.10. The Kier molecular flexibility index (Phi) is 4.58. The van der Waals surface area contributed by atoms with Crippen LogP contribution in [0.5, 0.6) is 5.75 Å². The van der Waals surface area contributed by atoms with Crippen molar-refractivity contribution < 1.29 is 14.4 Å². The number of fused-ring (bicyclic) bond motifs is 1. The first kappa shape index (κ1) is 16.5. The van der Waals surface area contributed by atoms with Crippen molar-refractivity contribution in [3.63, 3.8) is 0 Å². The quantitative estimate of drug-likeness (QED) is 0.463. The van der Waals surface area contributed by atoms with E-state index in [1.807, 2.05) is 18.2 Å². The molecule has 0 aliphatic carbocycles. The van der Waals surface area contributed by atoms with Gasteiger partial charge in [0.25, 0.3) is 0 Å². The minimum atomic E-state index is -0.583. The van der Waals surface area contributed by atoms with Crippen molar-refractivity contribution >= 4 is 23.8 Å². The third-order valence-corrected chi connectivity index (χ3v) is 4.23. The van der Waals surface area contributed by atoms with Crippen LogP contribution in [0.15, 0.2) is 47.6 Å². The summed E-state index contributed by atoms with van der Waals surface area (Å²) in [4.78, 5) is 16.8. The molecule has 0 saturated heterocycles. The number of oxime groups is 1. The van der Waals surface area contributed by atoms with E-state index in [-0.39, 0.29) is 11.2 Å². The molecule has 0 saturated carbocycles. The highest BCUT2D eigenvalue weighted by atomic mass is 35.5. The third kappa shape index (κ3) is 3.77. The molecule has 0 atom stereocenters.